The molecule has 0 amide bonds. The number of aryl methyl sites for hydroxylation is 1. The summed E-state index contributed by atoms with van der Waals surface area (Å²) in [5.74, 6) is 0. The average Bonchev–Trinajstić information content (AvgIpc) is 1.88. The van der Waals surface area contributed by atoms with E-state index in [4.69, 9.17) is 1.37 Å². The predicted molar refractivity (Wildman–Crippen MR) is 40.2 cm³/mol. The van der Waals surface area contributed by atoms with Crippen molar-refractivity contribution in [3.8, 4) is 0 Å². The zero-order valence-electron chi connectivity index (χ0n) is 6.46. The summed E-state index contributed by atoms with van der Waals surface area (Å²) >= 11 is 0. The van der Waals surface area contributed by atoms with Crippen molar-refractivity contribution in [3.63, 3.8) is 0 Å². The van der Waals surface area contributed by atoms with E-state index in [1.807, 2.05) is 26.3 Å². The Labute approximate surface area is 57.8 Å². The van der Waals surface area contributed by atoms with Crippen LogP contribution in [0.2, 0.25) is 6.80 Å². The van der Waals surface area contributed by atoms with Gasteiger partial charge >= 0.3 is 0 Å². The van der Waals surface area contributed by atoms with Gasteiger partial charge in [-0.25, -0.2) is 0 Å². The molecule has 0 saturated heterocycles. The molecule has 1 nitrogen and oxygen atoms in total. The first-order valence-corrected chi connectivity index (χ1v) is 2.88. The van der Waals surface area contributed by atoms with Crippen molar-refractivity contribution in [1.29, 1.82) is 0 Å². The van der Waals surface area contributed by atoms with Gasteiger partial charge in [0.2, 0.25) is 0 Å². The summed E-state index contributed by atoms with van der Waals surface area (Å²) in [7, 11) is 1.86. The highest BCUT2D eigenvalue weighted by atomic mass is 14.6. The van der Waals surface area contributed by atoms with Gasteiger partial charge in [0.15, 0.2) is 0 Å². The molecular weight excluding hydrogens is 109 g/mol. The van der Waals surface area contributed by atoms with Crippen LogP contribution in [0, 0.1) is 6.92 Å². The first-order chi connectivity index (χ1) is 4.83. The lowest BCUT2D eigenvalue weighted by Gasteiger charge is -1.93. The summed E-state index contributed by atoms with van der Waals surface area (Å²) in [6, 6.07) is 3.87. The fourth-order valence-electron chi connectivity index (χ4n) is 0.694. The fourth-order valence-corrected chi connectivity index (χ4v) is 0.694. The Bertz CT molecular complexity index is 215. The van der Waals surface area contributed by atoms with E-state index in [9.17, 15) is 0 Å². The van der Waals surface area contributed by atoms with Crippen molar-refractivity contribution in [3.05, 3.63) is 24.0 Å². The van der Waals surface area contributed by atoms with Gasteiger partial charge in [-0.3, -0.25) is 4.98 Å². The monoisotopic (exact) mass is 119 g/mol. The smallest absolute Gasteiger partial charge is 0.148 e. The number of nitrogens with zero attached hydrogens (tertiary/aromatic N) is 1. The summed E-state index contributed by atoms with van der Waals surface area (Å²) in [6.07, 6.45) is 1.76. The minimum absolute atomic E-state index is 0.337. The Hall–Kier alpha value is -0.785. The Morgan fingerprint density at radius 2 is 2.67 bits per heavy atom. The molecule has 1 heterocycles. The SMILES string of the molecule is [2H]C[B]c1ccnc(C)c1. The van der Waals surface area contributed by atoms with Gasteiger partial charge in [0.25, 0.3) is 0 Å². The highest BCUT2D eigenvalue weighted by molar-refractivity contribution is 6.51. The molecule has 9 heavy (non-hydrogen) atoms. The molecule has 0 aromatic carbocycles. The van der Waals surface area contributed by atoms with Crippen molar-refractivity contribution >= 4 is 12.7 Å². The molecule has 0 unspecified atom stereocenters. The molecule has 1 aromatic heterocycles. The minimum atomic E-state index is 0.337. The molecule has 1 aromatic rings. The third-order valence-electron chi connectivity index (χ3n) is 1.16. The van der Waals surface area contributed by atoms with Crippen molar-refractivity contribution in [1.82, 2.24) is 4.98 Å². The van der Waals surface area contributed by atoms with E-state index in [1.165, 1.54) is 0 Å². The zero-order valence-corrected chi connectivity index (χ0v) is 5.46. The molecule has 1 radical (unpaired) electrons. The van der Waals surface area contributed by atoms with Crippen molar-refractivity contribution in [2.75, 3.05) is 0 Å². The summed E-state index contributed by atoms with van der Waals surface area (Å²) in [4.78, 5) is 4.04. The predicted octanol–water partition coefficient (Wildman–Crippen LogP) is 0.768. The number of hydrogen-bond acceptors (Lipinski definition) is 1. The lowest BCUT2D eigenvalue weighted by atomic mass is 9.74. The fraction of sp³-hybridized carbons (Fsp3) is 0.286. The molecule has 1 rings (SSSR count). The van der Waals surface area contributed by atoms with Crippen molar-refractivity contribution in [2.24, 2.45) is 0 Å². The summed E-state index contributed by atoms with van der Waals surface area (Å²) in [6.45, 7) is 2.28. The highest BCUT2D eigenvalue weighted by Gasteiger charge is 1.88. The Morgan fingerprint density at radius 3 is 3.33 bits per heavy atom. The van der Waals surface area contributed by atoms with Crippen LogP contribution < -0.4 is 5.46 Å². The van der Waals surface area contributed by atoms with Crippen LogP contribution in [0.5, 0.6) is 0 Å². The van der Waals surface area contributed by atoms with Crippen molar-refractivity contribution < 1.29 is 1.37 Å². The number of hydrogen-bond donors (Lipinski definition) is 0. The maximum atomic E-state index is 6.93. The number of aromatic nitrogens is 1. The third kappa shape index (κ3) is 1.56. The van der Waals surface area contributed by atoms with Gasteiger partial charge in [-0.1, -0.05) is 18.3 Å². The lowest BCUT2D eigenvalue weighted by molar-refractivity contribution is 1.21. The molecule has 0 saturated carbocycles. The number of rotatable bonds is 1. The Morgan fingerprint density at radius 1 is 1.78 bits per heavy atom. The second-order valence-electron chi connectivity index (χ2n) is 1.93. The maximum absolute atomic E-state index is 6.93. The van der Waals surface area contributed by atoms with Crippen molar-refractivity contribution in [2.45, 2.75) is 13.7 Å². The second kappa shape index (κ2) is 2.67. The van der Waals surface area contributed by atoms with Crippen LogP contribution in [0.25, 0.3) is 0 Å². The Balaban J connectivity index is 2.75. The van der Waals surface area contributed by atoms with E-state index in [-0.39, 0.29) is 0 Å². The van der Waals surface area contributed by atoms with Crippen LogP contribution in [-0.4, -0.2) is 12.3 Å². The molecule has 0 bridgehead atoms. The van der Waals surface area contributed by atoms with E-state index in [0.29, 0.717) is 6.80 Å². The van der Waals surface area contributed by atoms with Gasteiger partial charge in [-0.15, -0.1) is 0 Å². The van der Waals surface area contributed by atoms with Gasteiger partial charge < -0.3 is 0 Å². The van der Waals surface area contributed by atoms with Gasteiger partial charge in [0.05, 0.1) is 0 Å². The zero-order chi connectivity index (χ0) is 7.40. The third-order valence-corrected chi connectivity index (χ3v) is 1.16. The molecule has 0 aliphatic heterocycles. The van der Waals surface area contributed by atoms with Gasteiger partial charge in [0, 0.05) is 13.3 Å². The molecular formula is C7H9BN. The van der Waals surface area contributed by atoms with E-state index >= 15 is 0 Å². The first kappa shape index (κ1) is 5.04. The van der Waals surface area contributed by atoms with Crippen LogP contribution in [-0.2, 0) is 0 Å². The standard InChI is InChI=1S/C7H9BN/c1-6-5-7(8-2)3-4-9-6/h3-5H,1-2H3/i2D. The largest absolute Gasteiger partial charge is 0.262 e. The average molecular weight is 119 g/mol. The van der Waals surface area contributed by atoms with E-state index < -0.39 is 0 Å². The summed E-state index contributed by atoms with van der Waals surface area (Å²) in [5, 5.41) is 0. The molecule has 0 spiro atoms. The molecule has 0 atom stereocenters. The van der Waals surface area contributed by atoms with Gasteiger partial charge in [-0.2, -0.15) is 0 Å². The topological polar surface area (TPSA) is 12.9 Å². The van der Waals surface area contributed by atoms with E-state index in [0.717, 1.165) is 11.2 Å². The summed E-state index contributed by atoms with van der Waals surface area (Å²) < 4.78 is 6.93. The minimum Gasteiger partial charge on any atom is -0.262 e. The molecule has 0 aliphatic rings. The molecule has 0 fully saturated rings. The quantitative estimate of drug-likeness (QED) is 0.497. The molecule has 0 aliphatic carbocycles. The van der Waals surface area contributed by atoms with Gasteiger partial charge in [0.1, 0.15) is 7.28 Å². The van der Waals surface area contributed by atoms with E-state index in [2.05, 4.69) is 4.98 Å². The first-order valence-electron chi connectivity index (χ1n) is 3.59. The van der Waals surface area contributed by atoms with Gasteiger partial charge in [-0.05, 0) is 13.0 Å². The van der Waals surface area contributed by atoms with Crippen LogP contribution in [0.3, 0.4) is 0 Å². The molecule has 0 N–H and O–H groups in total. The van der Waals surface area contributed by atoms with Crippen LogP contribution in [0.1, 0.15) is 7.06 Å². The number of pyridine rings is 1. The molecule has 2 heteroatoms. The highest BCUT2D eigenvalue weighted by Crippen LogP contribution is 1.85. The summed E-state index contributed by atoms with van der Waals surface area (Å²) in [5.41, 5.74) is 2.09. The lowest BCUT2D eigenvalue weighted by Crippen LogP contribution is -2.10. The van der Waals surface area contributed by atoms with Crippen LogP contribution in [0.15, 0.2) is 18.3 Å². The van der Waals surface area contributed by atoms with Crippen LogP contribution >= 0.6 is 0 Å². The Kier molecular flexibility index (Phi) is 1.49. The second-order valence-corrected chi connectivity index (χ2v) is 1.93. The van der Waals surface area contributed by atoms with Crippen LogP contribution in [0.4, 0.5) is 0 Å². The normalized spacial score (nSPS) is 10.6. The van der Waals surface area contributed by atoms with E-state index in [1.54, 1.807) is 6.20 Å². The maximum Gasteiger partial charge on any atom is 0.148 e. The molecule has 45 valence electrons.